The smallest absolute Gasteiger partial charge is 0.407 e. The highest BCUT2D eigenvalue weighted by molar-refractivity contribution is 5.94. The first kappa shape index (κ1) is 31.5. The van der Waals surface area contributed by atoms with Gasteiger partial charge in [0.2, 0.25) is 0 Å². The van der Waals surface area contributed by atoms with Crippen LogP contribution in [-0.2, 0) is 22.6 Å². The number of fused-ring (bicyclic) bond motifs is 1. The largest absolute Gasteiger partial charge is 0.480 e. The zero-order chi connectivity index (χ0) is 31.5. The van der Waals surface area contributed by atoms with Crippen LogP contribution in [0.5, 0.6) is 0 Å². The molecule has 0 fully saturated rings. The minimum atomic E-state index is -1.38. The van der Waals surface area contributed by atoms with Crippen LogP contribution in [0.3, 0.4) is 0 Å². The minimum Gasteiger partial charge on any atom is -0.480 e. The fourth-order valence-corrected chi connectivity index (χ4v) is 4.17. The Labute approximate surface area is 252 Å². The summed E-state index contributed by atoms with van der Waals surface area (Å²) in [5, 5.41) is 16.9. The number of hydrogen-bond acceptors (Lipinski definition) is 6. The van der Waals surface area contributed by atoms with Gasteiger partial charge in [-0.3, -0.25) is 4.79 Å². The second-order valence-electron chi connectivity index (χ2n) is 9.93. The molecule has 0 aliphatic heterocycles. The number of halogens is 1. The Balaban J connectivity index is 1.41. The zero-order valence-electron chi connectivity index (χ0n) is 24.0. The average Bonchev–Trinajstić information content (AvgIpc) is 3.43. The summed E-state index contributed by atoms with van der Waals surface area (Å²) in [7, 11) is 0. The molecule has 0 aliphatic rings. The maximum Gasteiger partial charge on any atom is 0.407 e. The fourth-order valence-electron chi connectivity index (χ4n) is 4.17. The summed E-state index contributed by atoms with van der Waals surface area (Å²) in [6, 6.07) is 17.5. The number of rotatable bonds is 13. The fraction of sp³-hybridized carbons (Fsp3) is 0.258. The number of aliphatic carboxylic acids is 1. The number of nitrogens with zero attached hydrogens (tertiary/aromatic N) is 2. The first-order chi connectivity index (χ1) is 21.2. The van der Waals surface area contributed by atoms with E-state index in [1.165, 1.54) is 29.2 Å². The maximum atomic E-state index is 13.4. The number of imidazole rings is 1. The van der Waals surface area contributed by atoms with E-state index in [0.29, 0.717) is 23.5 Å². The standard InChI is InChI=1S/C31H33FN6O6/c1-2-3-16-44-31(43)37-26(29(40)41)17-33-28(39)21-10-8-20(9-11-21)18-38(30(42)34-23-14-12-22(32)13-15-23)19-27-35-24-6-4-5-7-25(24)36-27/h4-15,26H,2-3,16-19H2,1H3,(H,33,39)(H,34,42)(H,35,36)(H,37,43)(H,40,41). The number of unbranched alkanes of at least 4 members (excludes halogenated alkanes) is 1. The topological polar surface area (TPSA) is 166 Å². The summed E-state index contributed by atoms with van der Waals surface area (Å²) in [4.78, 5) is 58.6. The Morgan fingerprint density at radius 3 is 2.41 bits per heavy atom. The van der Waals surface area contributed by atoms with Gasteiger partial charge >= 0.3 is 18.1 Å². The predicted octanol–water partition coefficient (Wildman–Crippen LogP) is 4.65. The summed E-state index contributed by atoms with van der Waals surface area (Å²) in [5.41, 5.74) is 2.95. The number of aromatic amines is 1. The number of carboxylic acids is 1. The molecule has 1 aromatic heterocycles. The van der Waals surface area contributed by atoms with Gasteiger partial charge in [-0.25, -0.2) is 23.8 Å². The van der Waals surface area contributed by atoms with E-state index in [1.807, 2.05) is 31.2 Å². The normalized spacial score (nSPS) is 11.4. The van der Waals surface area contributed by atoms with Crippen LogP contribution < -0.4 is 16.0 Å². The number of H-pyrrole nitrogens is 1. The molecule has 0 bridgehead atoms. The lowest BCUT2D eigenvalue weighted by molar-refractivity contribution is -0.139. The van der Waals surface area contributed by atoms with Crippen molar-refractivity contribution >= 4 is 40.7 Å². The van der Waals surface area contributed by atoms with Gasteiger partial charge in [0.15, 0.2) is 0 Å². The van der Waals surface area contributed by atoms with Gasteiger partial charge in [0, 0.05) is 24.3 Å². The molecular formula is C31H33FN6O6. The summed E-state index contributed by atoms with van der Waals surface area (Å²) < 4.78 is 18.3. The molecule has 44 heavy (non-hydrogen) atoms. The molecule has 1 heterocycles. The zero-order valence-corrected chi connectivity index (χ0v) is 24.0. The minimum absolute atomic E-state index is 0.133. The Kier molecular flexibility index (Phi) is 10.8. The number of ether oxygens (including phenoxy) is 1. The molecule has 4 rings (SSSR count). The van der Waals surface area contributed by atoms with Crippen LogP contribution in [0, 0.1) is 5.82 Å². The molecule has 12 nitrogen and oxygen atoms in total. The molecule has 5 N–H and O–H groups in total. The molecule has 4 aromatic rings. The molecule has 0 saturated carbocycles. The molecule has 3 aromatic carbocycles. The summed E-state index contributed by atoms with van der Waals surface area (Å²) in [6.07, 6.45) is 0.585. The number of benzene rings is 3. The van der Waals surface area contributed by atoms with E-state index in [0.717, 1.165) is 17.5 Å². The molecule has 1 unspecified atom stereocenters. The van der Waals surface area contributed by atoms with Crippen LogP contribution in [0.1, 0.15) is 41.5 Å². The van der Waals surface area contributed by atoms with E-state index >= 15 is 0 Å². The van der Waals surface area contributed by atoms with Crippen molar-refractivity contribution in [3.05, 3.63) is 95.6 Å². The molecule has 1 atom stereocenters. The number of nitrogens with one attached hydrogen (secondary N) is 4. The van der Waals surface area contributed by atoms with Crippen LogP contribution in [-0.4, -0.2) is 63.2 Å². The molecule has 0 saturated heterocycles. The molecule has 230 valence electrons. The van der Waals surface area contributed by atoms with Crippen LogP contribution in [0.4, 0.5) is 19.7 Å². The van der Waals surface area contributed by atoms with E-state index in [9.17, 15) is 28.7 Å². The van der Waals surface area contributed by atoms with Gasteiger partial charge in [-0.1, -0.05) is 37.6 Å². The Hall–Kier alpha value is -5.46. The molecular weight excluding hydrogens is 571 g/mol. The van der Waals surface area contributed by atoms with E-state index in [4.69, 9.17) is 4.74 Å². The van der Waals surface area contributed by atoms with Crippen molar-refractivity contribution in [3.8, 4) is 0 Å². The Bertz CT molecular complexity index is 1560. The van der Waals surface area contributed by atoms with Gasteiger partial charge in [0.05, 0.1) is 24.2 Å². The van der Waals surface area contributed by atoms with Gasteiger partial charge in [0.1, 0.15) is 17.7 Å². The average molecular weight is 605 g/mol. The monoisotopic (exact) mass is 604 g/mol. The number of aromatic nitrogens is 2. The highest BCUT2D eigenvalue weighted by Crippen LogP contribution is 2.17. The van der Waals surface area contributed by atoms with Crippen molar-refractivity contribution in [2.24, 2.45) is 0 Å². The lowest BCUT2D eigenvalue weighted by Gasteiger charge is -2.22. The van der Waals surface area contributed by atoms with Crippen molar-refractivity contribution in [3.63, 3.8) is 0 Å². The van der Waals surface area contributed by atoms with Gasteiger partial charge < -0.3 is 35.7 Å². The maximum absolute atomic E-state index is 13.4. The highest BCUT2D eigenvalue weighted by Gasteiger charge is 2.22. The highest BCUT2D eigenvalue weighted by atomic mass is 19.1. The molecule has 13 heteroatoms. The number of amides is 4. The summed E-state index contributed by atoms with van der Waals surface area (Å²) in [6.45, 7) is 2.02. The lowest BCUT2D eigenvalue weighted by Crippen LogP contribution is -2.48. The second kappa shape index (κ2) is 15.1. The van der Waals surface area contributed by atoms with E-state index in [1.54, 1.807) is 24.3 Å². The quantitative estimate of drug-likeness (QED) is 0.139. The number of carbonyl (C=O) groups excluding carboxylic acids is 3. The van der Waals surface area contributed by atoms with Crippen LogP contribution in [0.25, 0.3) is 11.0 Å². The number of para-hydroxylation sites is 2. The van der Waals surface area contributed by atoms with Gasteiger partial charge in [0.25, 0.3) is 5.91 Å². The van der Waals surface area contributed by atoms with Crippen LogP contribution in [0.2, 0.25) is 0 Å². The van der Waals surface area contributed by atoms with Crippen molar-refractivity contribution < 1.29 is 33.4 Å². The van der Waals surface area contributed by atoms with Crippen LogP contribution >= 0.6 is 0 Å². The molecule has 0 radical (unpaired) electrons. The van der Waals surface area contributed by atoms with Gasteiger partial charge in [-0.15, -0.1) is 0 Å². The van der Waals surface area contributed by atoms with E-state index in [2.05, 4.69) is 25.9 Å². The van der Waals surface area contributed by atoms with Crippen molar-refractivity contribution in [2.75, 3.05) is 18.5 Å². The SMILES string of the molecule is CCCCOC(=O)NC(CNC(=O)c1ccc(CN(Cc2nc3ccccc3[nH]2)C(=O)Nc2ccc(F)cc2)cc1)C(=O)O. The predicted molar refractivity (Wildman–Crippen MR) is 160 cm³/mol. The van der Waals surface area contributed by atoms with E-state index < -0.39 is 35.9 Å². The number of carbonyl (C=O) groups is 4. The summed E-state index contributed by atoms with van der Waals surface area (Å²) >= 11 is 0. The third kappa shape index (κ3) is 9.02. The van der Waals surface area contributed by atoms with E-state index in [-0.39, 0.29) is 31.8 Å². The number of hydrogen-bond donors (Lipinski definition) is 5. The van der Waals surface area contributed by atoms with Gasteiger partial charge in [-0.05, 0) is 60.5 Å². The first-order valence-corrected chi connectivity index (χ1v) is 14.0. The Morgan fingerprint density at radius 2 is 1.73 bits per heavy atom. The lowest BCUT2D eigenvalue weighted by atomic mass is 10.1. The first-order valence-electron chi connectivity index (χ1n) is 14.0. The number of carboxylic acid groups (broad SMARTS) is 1. The molecule has 0 spiro atoms. The van der Waals surface area contributed by atoms with Gasteiger partial charge in [-0.2, -0.15) is 0 Å². The van der Waals surface area contributed by atoms with Crippen molar-refractivity contribution in [1.82, 2.24) is 25.5 Å². The number of anilines is 1. The molecule has 4 amide bonds. The third-order valence-electron chi connectivity index (χ3n) is 6.54. The molecule has 0 aliphatic carbocycles. The number of urea groups is 1. The summed E-state index contributed by atoms with van der Waals surface area (Å²) in [5.74, 6) is -1.73. The van der Waals surface area contributed by atoms with Crippen LogP contribution in [0.15, 0.2) is 72.8 Å². The number of alkyl carbamates (subject to hydrolysis) is 1. The Morgan fingerprint density at radius 1 is 1.00 bits per heavy atom. The second-order valence-corrected chi connectivity index (χ2v) is 9.93. The third-order valence-corrected chi connectivity index (χ3v) is 6.54. The van der Waals surface area contributed by atoms with Crippen molar-refractivity contribution in [1.29, 1.82) is 0 Å². The van der Waals surface area contributed by atoms with Crippen molar-refractivity contribution in [2.45, 2.75) is 38.9 Å².